The smallest absolute Gasteiger partial charge is 0.325 e. The molecular formula is C24H25N3O5. The Morgan fingerprint density at radius 1 is 0.938 bits per heavy atom. The van der Waals surface area contributed by atoms with Crippen LogP contribution in [0.2, 0.25) is 0 Å². The fourth-order valence-electron chi connectivity index (χ4n) is 4.28. The van der Waals surface area contributed by atoms with Crippen molar-refractivity contribution in [2.24, 2.45) is 0 Å². The standard InChI is InChI=1S/C24H25N3O5/c1-32-21(29)15-25-20(28)13-3-2-8-14-26-22-16-9-4-5-10-17(16)24(31)27(22)19-12-7-6-11-18(19)23(26)30/h4-7,9-12,22H,2-3,8,13-15H2,1H3,(H,25,28)/t22-/m0/s1. The van der Waals surface area contributed by atoms with E-state index in [0.717, 1.165) is 12.0 Å². The number of carbonyl (C=O) groups excluding carboxylic acids is 4. The molecule has 0 saturated heterocycles. The number of para-hydroxylation sites is 1. The van der Waals surface area contributed by atoms with Crippen molar-refractivity contribution in [1.82, 2.24) is 10.2 Å². The molecule has 32 heavy (non-hydrogen) atoms. The van der Waals surface area contributed by atoms with E-state index >= 15 is 0 Å². The fourth-order valence-corrected chi connectivity index (χ4v) is 4.28. The van der Waals surface area contributed by atoms with Gasteiger partial charge in [0, 0.05) is 24.1 Å². The van der Waals surface area contributed by atoms with Crippen LogP contribution in [0.15, 0.2) is 48.5 Å². The number of carbonyl (C=O) groups is 4. The minimum absolute atomic E-state index is 0.0952. The molecule has 0 bridgehead atoms. The average Bonchev–Trinajstić information content (AvgIpc) is 3.12. The van der Waals surface area contributed by atoms with E-state index in [1.54, 1.807) is 28.0 Å². The Bertz CT molecular complexity index is 1070. The largest absolute Gasteiger partial charge is 0.468 e. The van der Waals surface area contributed by atoms with Crippen LogP contribution in [0.1, 0.15) is 58.1 Å². The zero-order chi connectivity index (χ0) is 22.7. The van der Waals surface area contributed by atoms with Gasteiger partial charge < -0.3 is 15.0 Å². The maximum atomic E-state index is 13.3. The number of benzene rings is 2. The van der Waals surface area contributed by atoms with Gasteiger partial charge in [0.2, 0.25) is 5.91 Å². The molecule has 0 saturated carbocycles. The molecule has 2 aromatic rings. The summed E-state index contributed by atoms with van der Waals surface area (Å²) in [6.07, 6.45) is 1.91. The average molecular weight is 435 g/mol. The van der Waals surface area contributed by atoms with E-state index in [1.807, 2.05) is 30.3 Å². The van der Waals surface area contributed by atoms with Gasteiger partial charge in [0.15, 0.2) is 0 Å². The molecule has 0 spiro atoms. The number of rotatable bonds is 8. The lowest BCUT2D eigenvalue weighted by molar-refractivity contribution is -0.141. The third-order valence-corrected chi connectivity index (χ3v) is 5.84. The lowest BCUT2D eigenvalue weighted by Crippen LogP contribution is -2.48. The highest BCUT2D eigenvalue weighted by molar-refractivity contribution is 6.16. The van der Waals surface area contributed by atoms with Crippen LogP contribution in [-0.2, 0) is 14.3 Å². The predicted octanol–water partition coefficient (Wildman–Crippen LogP) is 2.65. The van der Waals surface area contributed by atoms with Gasteiger partial charge >= 0.3 is 5.97 Å². The number of nitrogens with one attached hydrogen (secondary N) is 1. The highest BCUT2D eigenvalue weighted by Gasteiger charge is 2.47. The number of amides is 3. The van der Waals surface area contributed by atoms with Gasteiger partial charge in [0.1, 0.15) is 12.7 Å². The SMILES string of the molecule is COC(=O)CNC(=O)CCCCCN1C(=O)c2ccccc2N2C(=O)c3ccccc3[C@@H]12. The molecule has 8 heteroatoms. The first-order valence-corrected chi connectivity index (χ1v) is 10.7. The van der Waals surface area contributed by atoms with Gasteiger partial charge in [-0.2, -0.15) is 0 Å². The highest BCUT2D eigenvalue weighted by atomic mass is 16.5. The molecule has 2 heterocycles. The van der Waals surface area contributed by atoms with Crippen LogP contribution < -0.4 is 10.2 Å². The molecule has 2 aliphatic rings. The van der Waals surface area contributed by atoms with Crippen LogP contribution in [0.25, 0.3) is 0 Å². The molecule has 0 unspecified atom stereocenters. The van der Waals surface area contributed by atoms with E-state index in [4.69, 9.17) is 0 Å². The minimum atomic E-state index is -0.488. The third kappa shape index (κ3) is 3.95. The maximum Gasteiger partial charge on any atom is 0.325 e. The van der Waals surface area contributed by atoms with Gasteiger partial charge in [-0.25, -0.2) is 0 Å². The molecule has 3 amide bonds. The quantitative estimate of drug-likeness (QED) is 0.508. The molecular weight excluding hydrogens is 410 g/mol. The van der Waals surface area contributed by atoms with Gasteiger partial charge in [-0.3, -0.25) is 24.1 Å². The van der Waals surface area contributed by atoms with Crippen LogP contribution in [0, 0.1) is 0 Å². The number of unbranched alkanes of at least 4 members (excludes halogenated alkanes) is 2. The van der Waals surface area contributed by atoms with Gasteiger partial charge in [0.05, 0.1) is 18.4 Å². The number of hydrogen-bond donors (Lipinski definition) is 1. The first kappa shape index (κ1) is 21.5. The van der Waals surface area contributed by atoms with E-state index in [9.17, 15) is 19.2 Å². The summed E-state index contributed by atoms with van der Waals surface area (Å²) in [7, 11) is 1.27. The molecule has 4 rings (SSSR count). The molecule has 0 fully saturated rings. The Labute approximate surface area is 186 Å². The summed E-state index contributed by atoms with van der Waals surface area (Å²) in [6, 6.07) is 14.6. The van der Waals surface area contributed by atoms with Gasteiger partial charge in [-0.1, -0.05) is 36.8 Å². The summed E-state index contributed by atoms with van der Waals surface area (Å²) < 4.78 is 4.49. The van der Waals surface area contributed by atoms with Gasteiger partial charge in [-0.15, -0.1) is 0 Å². The minimum Gasteiger partial charge on any atom is -0.468 e. The van der Waals surface area contributed by atoms with Gasteiger partial charge in [0.25, 0.3) is 11.8 Å². The van der Waals surface area contributed by atoms with E-state index in [1.165, 1.54) is 7.11 Å². The Balaban J connectivity index is 1.42. The zero-order valence-electron chi connectivity index (χ0n) is 17.9. The van der Waals surface area contributed by atoms with Crippen molar-refractivity contribution in [3.63, 3.8) is 0 Å². The van der Waals surface area contributed by atoms with Crippen molar-refractivity contribution in [2.75, 3.05) is 25.1 Å². The van der Waals surface area contributed by atoms with Gasteiger partial charge in [-0.05, 0) is 31.0 Å². The lowest BCUT2D eigenvalue weighted by atomic mass is 10.0. The molecule has 0 radical (unpaired) electrons. The Morgan fingerprint density at radius 2 is 1.66 bits per heavy atom. The number of ether oxygens (including phenoxy) is 1. The number of hydrogen-bond acceptors (Lipinski definition) is 5. The number of nitrogens with zero attached hydrogens (tertiary/aromatic N) is 2. The summed E-state index contributed by atoms with van der Waals surface area (Å²) in [6.45, 7) is 0.335. The highest BCUT2D eigenvalue weighted by Crippen LogP contribution is 2.45. The van der Waals surface area contributed by atoms with Crippen LogP contribution in [-0.4, -0.2) is 48.8 Å². The zero-order valence-corrected chi connectivity index (χ0v) is 17.9. The van der Waals surface area contributed by atoms with E-state index < -0.39 is 12.1 Å². The summed E-state index contributed by atoms with van der Waals surface area (Å²) in [4.78, 5) is 52.8. The second kappa shape index (κ2) is 9.21. The Kier molecular flexibility index (Phi) is 6.20. The summed E-state index contributed by atoms with van der Waals surface area (Å²) >= 11 is 0. The number of fused-ring (bicyclic) bond motifs is 5. The molecule has 2 aliphatic heterocycles. The maximum absolute atomic E-state index is 13.3. The number of methoxy groups -OCH3 is 1. The molecule has 0 aliphatic carbocycles. The van der Waals surface area contributed by atoms with Crippen molar-refractivity contribution in [2.45, 2.75) is 31.8 Å². The van der Waals surface area contributed by atoms with Crippen molar-refractivity contribution in [1.29, 1.82) is 0 Å². The molecule has 1 N–H and O–H groups in total. The Hall–Kier alpha value is -3.68. The number of anilines is 1. The summed E-state index contributed by atoms with van der Waals surface area (Å²) in [5.74, 6) is -0.891. The van der Waals surface area contributed by atoms with Crippen molar-refractivity contribution < 1.29 is 23.9 Å². The lowest BCUT2D eigenvalue weighted by Gasteiger charge is -2.41. The molecule has 166 valence electrons. The fraction of sp³-hybridized carbons (Fsp3) is 0.333. The normalized spacial score (nSPS) is 16.3. The molecule has 0 aromatic heterocycles. The third-order valence-electron chi connectivity index (χ3n) is 5.84. The van der Waals surface area contributed by atoms with Crippen LogP contribution >= 0.6 is 0 Å². The monoisotopic (exact) mass is 435 g/mol. The van der Waals surface area contributed by atoms with Crippen LogP contribution in [0.3, 0.4) is 0 Å². The van der Waals surface area contributed by atoms with E-state index in [2.05, 4.69) is 10.1 Å². The van der Waals surface area contributed by atoms with Crippen molar-refractivity contribution in [3.8, 4) is 0 Å². The topological polar surface area (TPSA) is 96.0 Å². The molecule has 8 nitrogen and oxygen atoms in total. The predicted molar refractivity (Wildman–Crippen MR) is 117 cm³/mol. The second-order valence-corrected chi connectivity index (χ2v) is 7.82. The Morgan fingerprint density at radius 3 is 2.44 bits per heavy atom. The van der Waals surface area contributed by atoms with Crippen LogP contribution in [0.5, 0.6) is 0 Å². The van der Waals surface area contributed by atoms with Crippen molar-refractivity contribution in [3.05, 3.63) is 65.2 Å². The first-order chi connectivity index (χ1) is 15.5. The van der Waals surface area contributed by atoms with Crippen LogP contribution in [0.4, 0.5) is 5.69 Å². The van der Waals surface area contributed by atoms with Crippen molar-refractivity contribution >= 4 is 29.4 Å². The summed E-state index contributed by atoms with van der Waals surface area (Å²) in [5.41, 5.74) is 2.62. The van der Waals surface area contributed by atoms with E-state index in [0.29, 0.717) is 42.6 Å². The first-order valence-electron chi connectivity index (χ1n) is 10.7. The summed E-state index contributed by atoms with van der Waals surface area (Å²) in [5, 5.41) is 2.52. The second-order valence-electron chi connectivity index (χ2n) is 7.82. The van der Waals surface area contributed by atoms with E-state index in [-0.39, 0.29) is 24.3 Å². The number of esters is 1. The molecule has 2 aromatic carbocycles. The molecule has 1 atom stereocenters.